The van der Waals surface area contributed by atoms with Crippen molar-refractivity contribution < 1.29 is 9.47 Å². The summed E-state index contributed by atoms with van der Waals surface area (Å²) in [5.41, 5.74) is 2.47. The molecule has 0 saturated carbocycles. The number of hydrogen-bond acceptors (Lipinski definition) is 3. The van der Waals surface area contributed by atoms with E-state index < -0.39 is 0 Å². The van der Waals surface area contributed by atoms with Crippen LogP contribution in [0.1, 0.15) is 37.3 Å². The molecule has 0 aliphatic rings. The third-order valence-electron chi connectivity index (χ3n) is 3.73. The minimum absolute atomic E-state index is 0.620. The number of ether oxygens (including phenoxy) is 2. The van der Waals surface area contributed by atoms with E-state index in [9.17, 15) is 5.26 Å². The van der Waals surface area contributed by atoms with E-state index in [0.717, 1.165) is 35.7 Å². The maximum atomic E-state index is 9.41. The number of nitrogens with zero attached hydrogens (tertiary/aromatic N) is 1. The summed E-state index contributed by atoms with van der Waals surface area (Å²) in [7, 11) is 1.63. The van der Waals surface area contributed by atoms with E-state index in [0.29, 0.717) is 5.57 Å². The predicted molar refractivity (Wildman–Crippen MR) is 97.9 cm³/mol. The minimum Gasteiger partial charge on any atom is -0.497 e. The van der Waals surface area contributed by atoms with Crippen molar-refractivity contribution in [3.63, 3.8) is 0 Å². The van der Waals surface area contributed by atoms with Gasteiger partial charge in [0.15, 0.2) is 0 Å². The van der Waals surface area contributed by atoms with Crippen LogP contribution in [-0.2, 0) is 0 Å². The van der Waals surface area contributed by atoms with Crippen LogP contribution < -0.4 is 9.47 Å². The van der Waals surface area contributed by atoms with Crippen LogP contribution in [0.4, 0.5) is 0 Å². The summed E-state index contributed by atoms with van der Waals surface area (Å²) >= 11 is 0. The second kappa shape index (κ2) is 9.42. The molecule has 0 atom stereocenters. The first-order valence-electron chi connectivity index (χ1n) is 8.26. The van der Waals surface area contributed by atoms with E-state index in [-0.39, 0.29) is 0 Å². The Morgan fingerprint density at radius 1 is 1.00 bits per heavy atom. The Balaban J connectivity index is 2.06. The highest BCUT2D eigenvalue weighted by Crippen LogP contribution is 2.22. The average molecular weight is 321 g/mol. The fourth-order valence-electron chi connectivity index (χ4n) is 2.32. The van der Waals surface area contributed by atoms with Gasteiger partial charge in [-0.25, -0.2) is 0 Å². The van der Waals surface area contributed by atoms with Crippen molar-refractivity contribution in [2.45, 2.75) is 26.2 Å². The molecule has 124 valence electrons. The van der Waals surface area contributed by atoms with Gasteiger partial charge in [-0.1, -0.05) is 31.9 Å². The van der Waals surface area contributed by atoms with Gasteiger partial charge in [0.25, 0.3) is 0 Å². The van der Waals surface area contributed by atoms with Crippen molar-refractivity contribution in [1.29, 1.82) is 5.26 Å². The standard InChI is InChI=1S/C21H23NO2/c1-3-4-5-14-24-21-10-6-17(7-11-21)15-19(16-22)18-8-12-20(23-2)13-9-18/h6-13,15H,3-5,14H2,1-2H3. The normalized spacial score (nSPS) is 11.0. The van der Waals surface area contributed by atoms with Gasteiger partial charge in [-0.2, -0.15) is 5.26 Å². The summed E-state index contributed by atoms with van der Waals surface area (Å²) in [6.07, 6.45) is 5.33. The average Bonchev–Trinajstić information content (AvgIpc) is 2.64. The zero-order chi connectivity index (χ0) is 17.2. The lowest BCUT2D eigenvalue weighted by molar-refractivity contribution is 0.306. The van der Waals surface area contributed by atoms with Crippen LogP contribution in [0.15, 0.2) is 48.5 Å². The van der Waals surface area contributed by atoms with E-state index in [2.05, 4.69) is 13.0 Å². The molecular formula is C21H23NO2. The molecule has 0 spiro atoms. The number of allylic oxidation sites excluding steroid dienone is 1. The lowest BCUT2D eigenvalue weighted by Gasteiger charge is -2.06. The quantitative estimate of drug-likeness (QED) is 0.375. The molecule has 2 aromatic carbocycles. The van der Waals surface area contributed by atoms with Crippen LogP contribution in [0.25, 0.3) is 11.6 Å². The largest absolute Gasteiger partial charge is 0.497 e. The van der Waals surface area contributed by atoms with E-state index in [1.54, 1.807) is 7.11 Å². The van der Waals surface area contributed by atoms with Gasteiger partial charge in [0.05, 0.1) is 25.4 Å². The molecule has 2 aromatic rings. The molecule has 0 amide bonds. The van der Waals surface area contributed by atoms with Crippen LogP contribution in [0, 0.1) is 11.3 Å². The Labute approximate surface area is 144 Å². The molecule has 0 aliphatic heterocycles. The van der Waals surface area contributed by atoms with Gasteiger partial charge < -0.3 is 9.47 Å². The summed E-state index contributed by atoms with van der Waals surface area (Å²) in [4.78, 5) is 0. The third-order valence-corrected chi connectivity index (χ3v) is 3.73. The molecule has 0 fully saturated rings. The molecule has 0 aromatic heterocycles. The number of nitriles is 1. The van der Waals surface area contributed by atoms with Crippen molar-refractivity contribution in [3.8, 4) is 17.6 Å². The molecule has 3 heteroatoms. The summed E-state index contributed by atoms with van der Waals surface area (Å²) in [5.74, 6) is 1.65. The monoisotopic (exact) mass is 321 g/mol. The Bertz CT molecular complexity index is 694. The molecule has 0 bridgehead atoms. The van der Waals surface area contributed by atoms with Crippen LogP contribution in [0.5, 0.6) is 11.5 Å². The molecule has 0 N–H and O–H groups in total. The maximum Gasteiger partial charge on any atom is 0.119 e. The summed E-state index contributed by atoms with van der Waals surface area (Å²) in [6, 6.07) is 17.6. The Morgan fingerprint density at radius 2 is 1.67 bits per heavy atom. The predicted octanol–water partition coefficient (Wildman–Crippen LogP) is 5.33. The molecule has 0 saturated heterocycles. The second-order valence-electron chi connectivity index (χ2n) is 5.52. The van der Waals surface area contributed by atoms with Gasteiger partial charge in [-0.3, -0.25) is 0 Å². The minimum atomic E-state index is 0.620. The second-order valence-corrected chi connectivity index (χ2v) is 5.52. The highest BCUT2D eigenvalue weighted by Gasteiger charge is 2.02. The SMILES string of the molecule is CCCCCOc1ccc(C=C(C#N)c2ccc(OC)cc2)cc1. The van der Waals surface area contributed by atoms with Gasteiger partial charge in [-0.15, -0.1) is 0 Å². The van der Waals surface area contributed by atoms with Crippen molar-refractivity contribution in [2.75, 3.05) is 13.7 Å². The van der Waals surface area contributed by atoms with E-state index in [1.165, 1.54) is 12.8 Å². The molecule has 2 rings (SSSR count). The molecular weight excluding hydrogens is 298 g/mol. The third kappa shape index (κ3) is 5.17. The van der Waals surface area contributed by atoms with Crippen molar-refractivity contribution >= 4 is 11.6 Å². The Hall–Kier alpha value is -2.73. The van der Waals surface area contributed by atoms with E-state index >= 15 is 0 Å². The molecule has 0 heterocycles. The number of benzene rings is 2. The molecule has 24 heavy (non-hydrogen) atoms. The number of methoxy groups -OCH3 is 1. The summed E-state index contributed by atoms with van der Waals surface area (Å²) in [5, 5.41) is 9.41. The van der Waals surface area contributed by atoms with Gasteiger partial charge in [0.2, 0.25) is 0 Å². The van der Waals surface area contributed by atoms with Gasteiger partial charge in [0.1, 0.15) is 11.5 Å². The maximum absolute atomic E-state index is 9.41. The summed E-state index contributed by atoms with van der Waals surface area (Å²) < 4.78 is 10.9. The van der Waals surface area contributed by atoms with Crippen molar-refractivity contribution in [2.24, 2.45) is 0 Å². The molecule has 3 nitrogen and oxygen atoms in total. The van der Waals surface area contributed by atoms with Crippen LogP contribution >= 0.6 is 0 Å². The van der Waals surface area contributed by atoms with Crippen molar-refractivity contribution in [1.82, 2.24) is 0 Å². The zero-order valence-electron chi connectivity index (χ0n) is 14.3. The first-order valence-corrected chi connectivity index (χ1v) is 8.26. The van der Waals surface area contributed by atoms with E-state index in [1.807, 2.05) is 54.6 Å². The zero-order valence-corrected chi connectivity index (χ0v) is 14.3. The van der Waals surface area contributed by atoms with E-state index in [4.69, 9.17) is 9.47 Å². The van der Waals surface area contributed by atoms with Crippen LogP contribution in [0.3, 0.4) is 0 Å². The lowest BCUT2D eigenvalue weighted by Crippen LogP contribution is -1.96. The first kappa shape index (κ1) is 17.6. The molecule has 0 unspecified atom stereocenters. The fraction of sp³-hybridized carbons (Fsp3) is 0.286. The highest BCUT2D eigenvalue weighted by molar-refractivity contribution is 5.89. The lowest BCUT2D eigenvalue weighted by atomic mass is 10.0. The Kier molecular flexibility index (Phi) is 6.91. The fourth-order valence-corrected chi connectivity index (χ4v) is 2.32. The first-order chi connectivity index (χ1) is 11.8. The van der Waals surface area contributed by atoms with Crippen LogP contribution in [0.2, 0.25) is 0 Å². The Morgan fingerprint density at radius 3 is 2.25 bits per heavy atom. The van der Waals surface area contributed by atoms with Crippen molar-refractivity contribution in [3.05, 3.63) is 59.7 Å². The topological polar surface area (TPSA) is 42.2 Å². The van der Waals surface area contributed by atoms with Crippen LogP contribution in [-0.4, -0.2) is 13.7 Å². The molecule has 0 aliphatic carbocycles. The number of hydrogen-bond donors (Lipinski definition) is 0. The van der Waals surface area contributed by atoms with Gasteiger partial charge in [-0.05, 0) is 60.0 Å². The smallest absolute Gasteiger partial charge is 0.119 e. The summed E-state index contributed by atoms with van der Waals surface area (Å²) in [6.45, 7) is 2.93. The molecule has 0 radical (unpaired) electrons. The van der Waals surface area contributed by atoms with Gasteiger partial charge >= 0.3 is 0 Å². The number of unbranched alkanes of at least 4 members (excludes halogenated alkanes) is 2. The number of rotatable bonds is 8. The highest BCUT2D eigenvalue weighted by atomic mass is 16.5. The van der Waals surface area contributed by atoms with Gasteiger partial charge in [0, 0.05) is 0 Å².